The number of carbonyl (C=O) groups is 1. The molecule has 3 aliphatic heterocycles. The molecule has 2 aromatic carbocycles. The Morgan fingerprint density at radius 3 is 3.00 bits per heavy atom. The number of ether oxygens (including phenoxy) is 2. The highest BCUT2D eigenvalue weighted by atomic mass is 19.1. The molecular weight excluding hydrogens is 383 g/mol. The zero-order chi connectivity index (χ0) is 20.7. The third-order valence-electron chi connectivity index (χ3n) is 6.29. The summed E-state index contributed by atoms with van der Waals surface area (Å²) in [7, 11) is 1.76. The van der Waals surface area contributed by atoms with Crippen molar-refractivity contribution in [2.45, 2.75) is 31.9 Å². The summed E-state index contributed by atoms with van der Waals surface area (Å²) < 4.78 is 25.0. The van der Waals surface area contributed by atoms with E-state index in [9.17, 15) is 9.18 Å². The van der Waals surface area contributed by atoms with Crippen LogP contribution in [0.4, 0.5) is 10.1 Å². The Kier molecular flexibility index (Phi) is 5.05. The largest absolute Gasteiger partial charge is 0.487 e. The predicted octanol–water partition coefficient (Wildman–Crippen LogP) is 3.83. The normalized spacial score (nSPS) is 22.7. The van der Waals surface area contributed by atoms with E-state index in [0.717, 1.165) is 37.2 Å². The zero-order valence-electron chi connectivity index (χ0n) is 17.0. The van der Waals surface area contributed by atoms with Gasteiger partial charge in [0.1, 0.15) is 18.2 Å². The number of rotatable bonds is 5. The van der Waals surface area contributed by atoms with E-state index in [1.165, 1.54) is 30.5 Å². The molecule has 1 amide bonds. The topological polar surface area (TPSA) is 50.8 Å². The molecule has 5 rings (SSSR count). The van der Waals surface area contributed by atoms with Crippen molar-refractivity contribution in [3.63, 3.8) is 0 Å². The van der Waals surface area contributed by atoms with Gasteiger partial charge in [0.15, 0.2) is 0 Å². The molecule has 2 aromatic rings. The van der Waals surface area contributed by atoms with Crippen molar-refractivity contribution < 1.29 is 18.7 Å². The van der Waals surface area contributed by atoms with Crippen molar-refractivity contribution in [1.29, 1.82) is 0 Å². The van der Waals surface area contributed by atoms with Gasteiger partial charge in [-0.1, -0.05) is 18.2 Å². The van der Waals surface area contributed by atoms with E-state index in [1.54, 1.807) is 13.2 Å². The average Bonchev–Trinajstić information content (AvgIpc) is 3.43. The number of anilines is 1. The van der Waals surface area contributed by atoms with Crippen LogP contribution in [0.25, 0.3) is 11.3 Å². The SMILES string of the molecule is COCC1CCCN1CCc1ccc2c(c1)COC2=C1C(=O)Nc2ccc(F)cc21. The number of halogens is 1. The number of amides is 1. The molecule has 6 heteroatoms. The molecule has 3 heterocycles. The maximum Gasteiger partial charge on any atom is 0.260 e. The van der Waals surface area contributed by atoms with Crippen LogP contribution in [0.5, 0.6) is 0 Å². The Bertz CT molecular complexity index is 1030. The first-order chi connectivity index (χ1) is 14.6. The summed E-state index contributed by atoms with van der Waals surface area (Å²) in [6.45, 7) is 3.36. The number of carbonyl (C=O) groups excluding carboxylic acids is 1. The standard InChI is InChI=1S/C24H25FN2O3/c1-29-14-18-3-2-9-27(18)10-8-15-4-6-19-16(11-15)13-30-23(19)22-20-12-17(25)5-7-21(20)26-24(22)28/h4-7,11-12,18H,2-3,8-10,13-14H2,1H3,(H,26,28). The van der Waals surface area contributed by atoms with E-state index in [2.05, 4.69) is 22.3 Å². The average molecular weight is 408 g/mol. The Labute approximate surface area is 175 Å². The number of methoxy groups -OCH3 is 1. The minimum Gasteiger partial charge on any atom is -0.487 e. The summed E-state index contributed by atoms with van der Waals surface area (Å²) in [5.74, 6) is -0.0792. The van der Waals surface area contributed by atoms with E-state index in [0.29, 0.717) is 35.2 Å². The highest BCUT2D eigenvalue weighted by molar-refractivity contribution is 6.36. The molecule has 5 nitrogen and oxygen atoms in total. The maximum absolute atomic E-state index is 13.8. The van der Waals surface area contributed by atoms with Gasteiger partial charge in [-0.25, -0.2) is 4.39 Å². The van der Waals surface area contributed by atoms with Crippen molar-refractivity contribution in [2.24, 2.45) is 0 Å². The van der Waals surface area contributed by atoms with Gasteiger partial charge < -0.3 is 14.8 Å². The summed E-state index contributed by atoms with van der Waals surface area (Å²) in [5.41, 5.74) is 4.84. The van der Waals surface area contributed by atoms with Crippen LogP contribution in [0.2, 0.25) is 0 Å². The molecule has 1 unspecified atom stereocenters. The molecule has 0 aromatic heterocycles. The van der Waals surface area contributed by atoms with E-state index in [-0.39, 0.29) is 11.7 Å². The summed E-state index contributed by atoms with van der Waals surface area (Å²) in [4.78, 5) is 15.1. The number of benzene rings is 2. The number of hydrogen-bond donors (Lipinski definition) is 1. The smallest absolute Gasteiger partial charge is 0.260 e. The van der Waals surface area contributed by atoms with Crippen molar-refractivity contribution in [3.8, 4) is 0 Å². The fourth-order valence-corrected chi connectivity index (χ4v) is 4.79. The van der Waals surface area contributed by atoms with E-state index in [1.807, 2.05) is 6.07 Å². The van der Waals surface area contributed by atoms with Crippen LogP contribution in [0, 0.1) is 5.82 Å². The fourth-order valence-electron chi connectivity index (χ4n) is 4.79. The van der Waals surface area contributed by atoms with Crippen LogP contribution in [-0.4, -0.2) is 43.7 Å². The van der Waals surface area contributed by atoms with Crippen LogP contribution in [0.15, 0.2) is 36.4 Å². The van der Waals surface area contributed by atoms with Gasteiger partial charge in [0.2, 0.25) is 0 Å². The van der Waals surface area contributed by atoms with Crippen molar-refractivity contribution in [1.82, 2.24) is 4.90 Å². The molecular formula is C24H25FN2O3. The first-order valence-corrected chi connectivity index (χ1v) is 10.5. The highest BCUT2D eigenvalue weighted by Crippen LogP contribution is 2.42. The molecule has 3 aliphatic rings. The molecule has 0 spiro atoms. The second-order valence-electron chi connectivity index (χ2n) is 8.17. The van der Waals surface area contributed by atoms with Crippen LogP contribution in [-0.2, 0) is 27.3 Å². The number of nitrogens with zero attached hydrogens (tertiary/aromatic N) is 1. The number of likely N-dealkylation sites (tertiary alicyclic amines) is 1. The number of fused-ring (bicyclic) bond motifs is 2. The minimum atomic E-state index is -0.370. The van der Waals surface area contributed by atoms with Crippen LogP contribution >= 0.6 is 0 Å². The van der Waals surface area contributed by atoms with Gasteiger partial charge in [-0.05, 0) is 49.6 Å². The van der Waals surface area contributed by atoms with Gasteiger partial charge in [-0.3, -0.25) is 9.69 Å². The molecule has 0 aliphatic carbocycles. The second-order valence-corrected chi connectivity index (χ2v) is 8.17. The summed E-state index contributed by atoms with van der Waals surface area (Å²) >= 11 is 0. The molecule has 1 N–H and O–H groups in total. The van der Waals surface area contributed by atoms with Gasteiger partial charge in [0.25, 0.3) is 5.91 Å². The summed E-state index contributed by atoms with van der Waals surface area (Å²) in [6, 6.07) is 11.1. The van der Waals surface area contributed by atoms with Crippen LogP contribution < -0.4 is 5.32 Å². The van der Waals surface area contributed by atoms with E-state index < -0.39 is 0 Å². The molecule has 0 saturated carbocycles. The third kappa shape index (κ3) is 3.40. The van der Waals surface area contributed by atoms with Crippen LogP contribution in [0.3, 0.4) is 0 Å². The van der Waals surface area contributed by atoms with Gasteiger partial charge >= 0.3 is 0 Å². The first-order valence-electron chi connectivity index (χ1n) is 10.5. The Morgan fingerprint density at radius 1 is 1.23 bits per heavy atom. The molecule has 1 atom stereocenters. The highest BCUT2D eigenvalue weighted by Gasteiger charge is 2.33. The molecule has 0 bridgehead atoms. The summed E-state index contributed by atoms with van der Waals surface area (Å²) in [6.07, 6.45) is 3.40. The van der Waals surface area contributed by atoms with Crippen molar-refractivity contribution in [3.05, 3.63) is 64.5 Å². The molecule has 1 saturated heterocycles. The molecule has 0 radical (unpaired) electrons. The maximum atomic E-state index is 13.8. The number of hydrogen-bond acceptors (Lipinski definition) is 4. The number of nitrogens with one attached hydrogen (secondary N) is 1. The predicted molar refractivity (Wildman–Crippen MR) is 113 cm³/mol. The minimum absolute atomic E-state index is 0.249. The molecule has 30 heavy (non-hydrogen) atoms. The van der Waals surface area contributed by atoms with Gasteiger partial charge in [-0.15, -0.1) is 0 Å². The summed E-state index contributed by atoms with van der Waals surface area (Å²) in [5, 5.41) is 2.80. The zero-order valence-corrected chi connectivity index (χ0v) is 17.0. The van der Waals surface area contributed by atoms with Gasteiger partial charge in [0.05, 0.1) is 12.2 Å². The Morgan fingerprint density at radius 2 is 2.13 bits per heavy atom. The van der Waals surface area contributed by atoms with Crippen LogP contribution in [0.1, 0.15) is 35.1 Å². The van der Waals surface area contributed by atoms with Gasteiger partial charge in [-0.2, -0.15) is 0 Å². The van der Waals surface area contributed by atoms with Crippen molar-refractivity contribution >= 4 is 22.9 Å². The molecule has 156 valence electrons. The Balaban J connectivity index is 1.38. The lowest BCUT2D eigenvalue weighted by Crippen LogP contribution is -2.34. The Hall–Kier alpha value is -2.70. The second kappa shape index (κ2) is 7.85. The monoisotopic (exact) mass is 408 g/mol. The van der Waals surface area contributed by atoms with E-state index >= 15 is 0 Å². The first kappa shape index (κ1) is 19.3. The molecule has 1 fully saturated rings. The third-order valence-corrected chi connectivity index (χ3v) is 6.29. The van der Waals surface area contributed by atoms with Crippen molar-refractivity contribution in [2.75, 3.05) is 32.1 Å². The lowest BCUT2D eigenvalue weighted by molar-refractivity contribution is -0.110. The fraction of sp³-hybridized carbons (Fsp3) is 0.375. The van der Waals surface area contributed by atoms with Gasteiger partial charge in [0, 0.05) is 42.1 Å². The van der Waals surface area contributed by atoms with E-state index in [4.69, 9.17) is 9.47 Å². The quantitative estimate of drug-likeness (QED) is 0.764. The lowest BCUT2D eigenvalue weighted by Gasteiger charge is -2.23. The lowest BCUT2D eigenvalue weighted by atomic mass is 9.98.